The van der Waals surface area contributed by atoms with Crippen LogP contribution in [-0.2, 0) is 11.3 Å². The minimum absolute atomic E-state index is 0.0471. The monoisotopic (exact) mass is 546 g/mol. The lowest BCUT2D eigenvalue weighted by molar-refractivity contribution is -0.130. The van der Waals surface area contributed by atoms with Gasteiger partial charge in [-0.1, -0.05) is 69.1 Å². The molecular formula is C31H38N4O3S. The Hall–Kier alpha value is -3.13. The minimum atomic E-state index is -0.130. The molecule has 1 aromatic heterocycles. The number of hydrogen-bond acceptors (Lipinski definition) is 5. The number of amides is 2. The molecule has 2 aromatic carbocycles. The number of benzene rings is 2. The highest BCUT2D eigenvalue weighted by Crippen LogP contribution is 2.24. The number of para-hydroxylation sites is 1. The summed E-state index contributed by atoms with van der Waals surface area (Å²) in [6, 6.07) is 15.0. The van der Waals surface area contributed by atoms with Crippen LogP contribution in [0.5, 0.6) is 0 Å². The normalized spacial score (nSPS) is 20.2. The molecule has 1 aliphatic carbocycles. The Morgan fingerprint density at radius 2 is 1.67 bits per heavy atom. The van der Waals surface area contributed by atoms with Crippen molar-refractivity contribution in [1.29, 1.82) is 0 Å². The molecule has 1 N–H and O–H groups in total. The van der Waals surface area contributed by atoms with E-state index in [4.69, 9.17) is 4.98 Å². The van der Waals surface area contributed by atoms with Gasteiger partial charge >= 0.3 is 0 Å². The van der Waals surface area contributed by atoms with Crippen LogP contribution < -0.4 is 10.9 Å². The number of nitrogens with one attached hydrogen (secondary N) is 1. The second kappa shape index (κ2) is 12.4. The van der Waals surface area contributed by atoms with Gasteiger partial charge in [0.1, 0.15) is 0 Å². The van der Waals surface area contributed by atoms with Crippen molar-refractivity contribution in [3.05, 3.63) is 70.0 Å². The number of piperidine rings is 1. The van der Waals surface area contributed by atoms with E-state index < -0.39 is 0 Å². The molecule has 7 nitrogen and oxygen atoms in total. The molecule has 0 radical (unpaired) electrons. The van der Waals surface area contributed by atoms with Crippen molar-refractivity contribution in [2.45, 2.75) is 70.1 Å². The van der Waals surface area contributed by atoms with Gasteiger partial charge in [-0.25, -0.2) is 4.98 Å². The number of carbonyl (C=O) groups is 2. The fraction of sp³-hybridized carbons (Fsp3) is 0.484. The molecule has 3 aromatic rings. The van der Waals surface area contributed by atoms with Crippen LogP contribution in [0.4, 0.5) is 0 Å². The maximum atomic E-state index is 13.5. The number of rotatable bonds is 7. The number of thioether (sulfide) groups is 1. The topological polar surface area (TPSA) is 84.3 Å². The quantitative estimate of drug-likeness (QED) is 0.329. The molecule has 1 aliphatic heterocycles. The van der Waals surface area contributed by atoms with Gasteiger partial charge in [0, 0.05) is 24.7 Å². The molecule has 0 bridgehead atoms. The van der Waals surface area contributed by atoms with E-state index in [1.54, 1.807) is 10.6 Å². The van der Waals surface area contributed by atoms with Gasteiger partial charge in [0.2, 0.25) is 5.91 Å². The third-order valence-corrected chi connectivity index (χ3v) is 8.83. The highest BCUT2D eigenvalue weighted by Gasteiger charge is 2.26. The number of carbonyl (C=O) groups excluding carboxylic acids is 2. The summed E-state index contributed by atoms with van der Waals surface area (Å²) < 4.78 is 1.65. The Balaban J connectivity index is 1.33. The number of likely N-dealkylation sites (tertiary alicyclic amines) is 1. The zero-order valence-electron chi connectivity index (χ0n) is 22.9. The van der Waals surface area contributed by atoms with Crippen molar-refractivity contribution in [2.24, 2.45) is 11.8 Å². The summed E-state index contributed by atoms with van der Waals surface area (Å²) in [6.45, 7) is 6.26. The molecule has 206 valence electrons. The zero-order valence-corrected chi connectivity index (χ0v) is 23.7. The molecule has 2 fully saturated rings. The fourth-order valence-electron chi connectivity index (χ4n) is 5.94. The molecule has 5 rings (SSSR count). The molecule has 2 aliphatic rings. The van der Waals surface area contributed by atoms with Gasteiger partial charge in [0.05, 0.1) is 23.2 Å². The molecule has 2 amide bonds. The van der Waals surface area contributed by atoms with Crippen LogP contribution in [0, 0.1) is 11.8 Å². The van der Waals surface area contributed by atoms with Crippen molar-refractivity contribution < 1.29 is 9.59 Å². The van der Waals surface area contributed by atoms with E-state index >= 15 is 0 Å². The average Bonchev–Trinajstić information content (AvgIpc) is 2.94. The van der Waals surface area contributed by atoms with Crippen LogP contribution in [0.25, 0.3) is 10.9 Å². The number of fused-ring (bicyclic) bond motifs is 1. The molecule has 1 saturated carbocycles. The summed E-state index contributed by atoms with van der Waals surface area (Å²) in [5.74, 6) is 1.26. The van der Waals surface area contributed by atoms with Gasteiger partial charge in [-0.3, -0.25) is 19.0 Å². The van der Waals surface area contributed by atoms with E-state index in [1.165, 1.54) is 31.0 Å². The SMILES string of the molecule is CC1CC(C)CN(C(=O)CSc2nc3ccccc3c(=O)n2Cc2ccc(C(=O)NC3CCCCC3)cc2)C1. The van der Waals surface area contributed by atoms with Gasteiger partial charge in [0.15, 0.2) is 5.16 Å². The molecule has 0 spiro atoms. The summed E-state index contributed by atoms with van der Waals surface area (Å²) in [7, 11) is 0. The van der Waals surface area contributed by atoms with E-state index in [9.17, 15) is 14.4 Å². The van der Waals surface area contributed by atoms with Crippen LogP contribution >= 0.6 is 11.8 Å². The lowest BCUT2D eigenvalue weighted by Gasteiger charge is -2.35. The summed E-state index contributed by atoms with van der Waals surface area (Å²) in [5.41, 5.74) is 2.02. The van der Waals surface area contributed by atoms with Gasteiger partial charge in [-0.05, 0) is 60.9 Å². The largest absolute Gasteiger partial charge is 0.349 e. The third kappa shape index (κ3) is 6.72. The van der Waals surface area contributed by atoms with Crippen LogP contribution in [-0.4, -0.2) is 51.1 Å². The first-order chi connectivity index (χ1) is 18.9. The van der Waals surface area contributed by atoms with Crippen LogP contribution in [0.3, 0.4) is 0 Å². The third-order valence-electron chi connectivity index (χ3n) is 7.87. The predicted octanol–water partition coefficient (Wildman–Crippen LogP) is 5.10. The van der Waals surface area contributed by atoms with Crippen LogP contribution in [0.2, 0.25) is 0 Å². The maximum absolute atomic E-state index is 13.5. The first kappa shape index (κ1) is 27.4. The van der Waals surface area contributed by atoms with Crippen molar-refractivity contribution in [1.82, 2.24) is 19.8 Å². The van der Waals surface area contributed by atoms with Gasteiger partial charge in [-0.15, -0.1) is 0 Å². The average molecular weight is 547 g/mol. The van der Waals surface area contributed by atoms with Gasteiger partial charge in [0.25, 0.3) is 11.5 Å². The molecular weight excluding hydrogens is 508 g/mol. The Morgan fingerprint density at radius 3 is 2.38 bits per heavy atom. The molecule has 2 unspecified atom stereocenters. The lowest BCUT2D eigenvalue weighted by atomic mass is 9.92. The first-order valence-electron chi connectivity index (χ1n) is 14.2. The highest BCUT2D eigenvalue weighted by molar-refractivity contribution is 7.99. The standard InChI is InChI=1S/C31H38N4O3S/c1-21-16-22(2)18-34(17-21)28(36)20-39-31-33-27-11-7-6-10-26(27)30(38)35(31)19-23-12-14-24(15-13-23)29(37)32-25-8-4-3-5-9-25/h6-7,10-15,21-22,25H,3-5,8-9,16-20H2,1-2H3,(H,32,37). The van der Waals surface area contributed by atoms with Crippen molar-refractivity contribution in [2.75, 3.05) is 18.8 Å². The van der Waals surface area contributed by atoms with Gasteiger partial charge in [-0.2, -0.15) is 0 Å². The maximum Gasteiger partial charge on any atom is 0.262 e. The van der Waals surface area contributed by atoms with E-state index in [2.05, 4.69) is 19.2 Å². The summed E-state index contributed by atoms with van der Waals surface area (Å²) >= 11 is 1.32. The minimum Gasteiger partial charge on any atom is -0.349 e. The fourth-order valence-corrected chi connectivity index (χ4v) is 6.84. The summed E-state index contributed by atoms with van der Waals surface area (Å²) in [4.78, 5) is 46.1. The number of nitrogens with zero attached hydrogens (tertiary/aromatic N) is 3. The second-order valence-corrected chi connectivity index (χ2v) is 12.3. The smallest absolute Gasteiger partial charge is 0.262 e. The Morgan fingerprint density at radius 1 is 0.974 bits per heavy atom. The first-order valence-corrected chi connectivity index (χ1v) is 15.2. The molecule has 39 heavy (non-hydrogen) atoms. The lowest BCUT2D eigenvalue weighted by Crippen LogP contribution is -2.43. The van der Waals surface area contributed by atoms with E-state index in [1.807, 2.05) is 47.4 Å². The molecule has 2 heterocycles. The Bertz CT molecular complexity index is 1370. The Labute approximate surface area is 234 Å². The van der Waals surface area contributed by atoms with Crippen LogP contribution in [0.1, 0.15) is 68.3 Å². The van der Waals surface area contributed by atoms with E-state index in [-0.39, 0.29) is 29.2 Å². The summed E-state index contributed by atoms with van der Waals surface area (Å²) in [6.07, 6.45) is 6.81. The van der Waals surface area contributed by atoms with Gasteiger partial charge < -0.3 is 10.2 Å². The van der Waals surface area contributed by atoms with Crippen molar-refractivity contribution in [3.63, 3.8) is 0 Å². The van der Waals surface area contributed by atoms with E-state index in [0.29, 0.717) is 40.0 Å². The predicted molar refractivity (Wildman–Crippen MR) is 156 cm³/mol. The van der Waals surface area contributed by atoms with Crippen molar-refractivity contribution in [3.8, 4) is 0 Å². The molecule has 8 heteroatoms. The Kier molecular flexibility index (Phi) is 8.70. The molecule has 2 atom stereocenters. The summed E-state index contributed by atoms with van der Waals surface area (Å²) in [5, 5.41) is 4.24. The van der Waals surface area contributed by atoms with Crippen molar-refractivity contribution >= 4 is 34.5 Å². The number of aromatic nitrogens is 2. The van der Waals surface area contributed by atoms with E-state index in [0.717, 1.165) is 37.9 Å². The van der Waals surface area contributed by atoms with Crippen LogP contribution in [0.15, 0.2) is 58.5 Å². The number of hydrogen-bond donors (Lipinski definition) is 1. The molecule has 1 saturated heterocycles. The highest BCUT2D eigenvalue weighted by atomic mass is 32.2. The second-order valence-electron chi connectivity index (χ2n) is 11.3. The zero-order chi connectivity index (χ0) is 27.4.